The predicted octanol–water partition coefficient (Wildman–Crippen LogP) is 10.9. The van der Waals surface area contributed by atoms with Gasteiger partial charge in [0.2, 0.25) is 5.95 Å². The fraction of sp³-hybridized carbons (Fsp3) is 0.375. The van der Waals surface area contributed by atoms with Crippen LogP contribution >= 0.6 is 0 Å². The molecule has 3 aromatic carbocycles. The number of likely N-dealkylation sites (tertiary alicyclic amines) is 2. The highest BCUT2D eigenvalue weighted by Crippen LogP contribution is 2.35. The number of piperidine rings is 3. The van der Waals surface area contributed by atoms with E-state index in [-0.39, 0.29) is 69.0 Å². The number of hydrogen-bond acceptors (Lipinski definition) is 23. The summed E-state index contributed by atoms with van der Waals surface area (Å²) in [6, 6.07) is 13.8. The fourth-order valence-corrected chi connectivity index (χ4v) is 12.7. The normalized spacial score (nSPS) is 15.1. The van der Waals surface area contributed by atoms with E-state index < -0.39 is 42.7 Å². The van der Waals surface area contributed by atoms with Gasteiger partial charge in [0.25, 0.3) is 0 Å². The minimum absolute atomic E-state index is 0.0777. The van der Waals surface area contributed by atoms with Crippen molar-refractivity contribution < 1.29 is 49.1 Å². The van der Waals surface area contributed by atoms with Gasteiger partial charge in [0, 0.05) is 82.3 Å². The Morgan fingerprint density at radius 2 is 0.918 bits per heavy atom. The zero-order valence-electron chi connectivity index (χ0n) is 54.5. The highest BCUT2D eigenvalue weighted by Gasteiger charge is 2.31. The Hall–Kier alpha value is -10.7. The number of aromatic nitrogens is 14. The molecule has 3 aliphatic rings. The summed E-state index contributed by atoms with van der Waals surface area (Å²) in [6.07, 6.45) is 18.7. The average Bonchev–Trinajstić information content (AvgIpc) is 1.62. The molecule has 0 radical (unpaired) electrons. The SMILES string of the molecule is CC(C)OC(=O)N1CCC(n2cnc3c(Nc4ccc(S(C)(=O)=O)cc4F)ncnc32)CC1.CS(=O)(=O)c1ccc(Nc2ncnc3c2ncn3C2CCN(c3ncccn3)CC2)c(F)c1.[C-]#[N+]c1ccc(Nc2ncnc3c2ncn3C2CCN(C(=O)OC(C)(C)C)CC2)c(F)c1. The first-order chi connectivity index (χ1) is 46.8. The molecule has 0 spiro atoms. The molecule has 3 fully saturated rings. The summed E-state index contributed by atoms with van der Waals surface area (Å²) in [5.41, 5.74) is 3.46. The number of amides is 2. The van der Waals surface area contributed by atoms with E-state index >= 15 is 0 Å². The van der Waals surface area contributed by atoms with Crippen LogP contribution in [0.1, 0.15) is 91.3 Å². The lowest BCUT2D eigenvalue weighted by Crippen LogP contribution is -2.42. The molecule has 3 N–H and O–H groups in total. The van der Waals surface area contributed by atoms with Crippen molar-refractivity contribution in [1.29, 1.82) is 0 Å². The van der Waals surface area contributed by atoms with Gasteiger partial charge in [-0.2, -0.15) is 0 Å². The van der Waals surface area contributed by atoms with Gasteiger partial charge in [-0.05, 0) is 128 Å². The number of sulfone groups is 2. The Bertz CT molecular complexity index is 4830. The van der Waals surface area contributed by atoms with Crippen LogP contribution in [0.15, 0.2) is 121 Å². The molecular weight excluding hydrogens is 1310 g/mol. The fourth-order valence-electron chi connectivity index (χ4n) is 11.4. The summed E-state index contributed by atoms with van der Waals surface area (Å²) in [7, 11) is -7.02. The number of ether oxygens (including phenoxy) is 2. The van der Waals surface area contributed by atoms with E-state index in [1.807, 2.05) is 48.3 Å². The van der Waals surface area contributed by atoms with Crippen molar-refractivity contribution >= 4 is 112 Å². The van der Waals surface area contributed by atoms with Crippen LogP contribution in [-0.2, 0) is 29.1 Å². The first-order valence-corrected chi connectivity index (χ1v) is 35.0. The minimum atomic E-state index is -3.52. The van der Waals surface area contributed by atoms with Crippen molar-refractivity contribution in [2.45, 2.75) is 113 Å². The van der Waals surface area contributed by atoms with Gasteiger partial charge in [-0.1, -0.05) is 6.07 Å². The smallest absolute Gasteiger partial charge is 0.410 e. The summed E-state index contributed by atoms with van der Waals surface area (Å²) in [5, 5.41) is 8.75. The van der Waals surface area contributed by atoms with Crippen molar-refractivity contribution in [1.82, 2.24) is 78.3 Å². The topological polar surface area (TPSA) is 328 Å². The molecule has 7 aromatic heterocycles. The van der Waals surface area contributed by atoms with Crippen molar-refractivity contribution in [3.8, 4) is 0 Å². The molecule has 512 valence electrons. The van der Waals surface area contributed by atoms with Crippen molar-refractivity contribution in [2.24, 2.45) is 0 Å². The zero-order chi connectivity index (χ0) is 69.6. The maximum atomic E-state index is 14.5. The van der Waals surface area contributed by atoms with Crippen LogP contribution in [0.5, 0.6) is 0 Å². The molecule has 2 amide bonds. The van der Waals surface area contributed by atoms with E-state index in [2.05, 4.69) is 80.5 Å². The number of imidazole rings is 3. The number of fused-ring (bicyclic) bond motifs is 3. The molecule has 10 aromatic rings. The highest BCUT2D eigenvalue weighted by atomic mass is 32.2. The first-order valence-electron chi connectivity index (χ1n) is 31.2. The van der Waals surface area contributed by atoms with Crippen LogP contribution in [0.25, 0.3) is 38.3 Å². The molecule has 0 bridgehead atoms. The van der Waals surface area contributed by atoms with Crippen LogP contribution in [0.3, 0.4) is 0 Å². The molecule has 0 unspecified atom stereocenters. The van der Waals surface area contributed by atoms with Gasteiger partial charge in [0.15, 0.2) is 76.3 Å². The van der Waals surface area contributed by atoms with E-state index in [9.17, 15) is 39.6 Å². The van der Waals surface area contributed by atoms with E-state index in [0.29, 0.717) is 90.0 Å². The van der Waals surface area contributed by atoms with Crippen LogP contribution in [0.4, 0.5) is 68.9 Å². The van der Waals surface area contributed by atoms with E-state index in [1.165, 1.54) is 61.4 Å². The quantitative estimate of drug-likeness (QED) is 0.0903. The number of carbonyl (C=O) groups excluding carboxylic acids is 2. The van der Waals surface area contributed by atoms with Crippen LogP contribution < -0.4 is 20.9 Å². The highest BCUT2D eigenvalue weighted by molar-refractivity contribution is 7.91. The van der Waals surface area contributed by atoms with Gasteiger partial charge in [0.1, 0.15) is 42.0 Å². The van der Waals surface area contributed by atoms with E-state index in [1.54, 1.807) is 47.2 Å². The van der Waals surface area contributed by atoms with Crippen LogP contribution in [-0.4, -0.2) is 171 Å². The second-order valence-electron chi connectivity index (χ2n) is 24.7. The van der Waals surface area contributed by atoms with Crippen molar-refractivity contribution in [3.05, 3.63) is 140 Å². The molecule has 0 saturated carbocycles. The molecule has 98 heavy (non-hydrogen) atoms. The van der Waals surface area contributed by atoms with E-state index in [0.717, 1.165) is 69.4 Å². The number of nitrogens with zero attached hydrogens (tertiary/aromatic N) is 18. The number of halogens is 3. The number of hydrogen-bond donors (Lipinski definition) is 3. The zero-order valence-corrected chi connectivity index (χ0v) is 56.1. The van der Waals surface area contributed by atoms with Crippen LogP contribution in [0.2, 0.25) is 0 Å². The van der Waals surface area contributed by atoms with Gasteiger partial charge in [0.05, 0.1) is 58.5 Å². The Morgan fingerprint density at radius 1 is 0.541 bits per heavy atom. The second kappa shape index (κ2) is 28.9. The molecule has 13 rings (SSSR count). The van der Waals surface area contributed by atoms with Gasteiger partial charge in [-0.25, -0.2) is 99.3 Å². The number of anilines is 7. The van der Waals surface area contributed by atoms with Crippen molar-refractivity contribution in [3.63, 3.8) is 0 Å². The summed E-state index contributed by atoms with van der Waals surface area (Å²) < 4.78 is 107. The molecule has 0 atom stereocenters. The monoisotopic (exact) mass is 1380 g/mol. The molecule has 29 nitrogen and oxygen atoms in total. The Kier molecular flexibility index (Phi) is 20.3. The van der Waals surface area contributed by atoms with Gasteiger partial charge in [-0.3, -0.25) is 0 Å². The third-order valence-electron chi connectivity index (χ3n) is 16.3. The predicted molar refractivity (Wildman–Crippen MR) is 358 cm³/mol. The molecular formula is C64H70F3N21O8S2. The second-order valence-corrected chi connectivity index (χ2v) is 28.8. The lowest BCUT2D eigenvalue weighted by molar-refractivity contribution is 0.0189. The van der Waals surface area contributed by atoms with Crippen molar-refractivity contribution in [2.75, 3.05) is 72.6 Å². The van der Waals surface area contributed by atoms with E-state index in [4.69, 9.17) is 16.0 Å². The Labute approximate surface area is 561 Å². The summed E-state index contributed by atoms with van der Waals surface area (Å²) in [4.78, 5) is 80.8. The minimum Gasteiger partial charge on any atom is -0.447 e. The molecule has 3 saturated heterocycles. The number of benzene rings is 3. The Balaban J connectivity index is 0.000000149. The number of carbonyl (C=O) groups is 2. The standard InChI is InChI=1S/C22H24FN7O2.C21H21FN8O2S.C21H25FN6O4S/c1-22(2,3)32-21(31)29-9-7-15(8-10-29)30-13-27-18-19(25-12-26-20(18)30)28-17-6-5-14(24-4)11-16(17)23;1-33(31,32)15-3-4-17(16(22)11-15)28-19-18-20(26-12-25-19)30(13-27-18)14-5-9-29(10-6-14)21-23-7-2-8-24-21;1-13(2)32-21(29)27-8-6-14(7-9-27)28-12-25-18-19(23-11-24-20(18)28)26-17-5-4-15(10-16(17)22)33(3,30)31/h5-6,11-13,15H,7-10H2,1-3H3,(H,25,26,28);2-4,7-8,11-14H,5-6,9-10H2,1H3,(H,25,26,28);4-5,10-14H,6-9H2,1-3H3,(H,23,24,26). The summed E-state index contributed by atoms with van der Waals surface area (Å²) in [6.45, 7) is 20.1. The number of nitrogens with one attached hydrogen (secondary N) is 3. The lowest BCUT2D eigenvalue weighted by atomic mass is 10.1. The molecule has 34 heteroatoms. The molecule has 10 heterocycles. The summed E-state index contributed by atoms with van der Waals surface area (Å²) >= 11 is 0. The molecule has 3 aliphatic heterocycles. The van der Waals surface area contributed by atoms with Gasteiger partial charge < -0.3 is 53.8 Å². The van der Waals surface area contributed by atoms with Gasteiger partial charge >= 0.3 is 12.2 Å². The number of rotatable bonds is 13. The van der Waals surface area contributed by atoms with Crippen LogP contribution in [0, 0.1) is 24.0 Å². The summed E-state index contributed by atoms with van der Waals surface area (Å²) in [5.74, 6) is -0.190. The third kappa shape index (κ3) is 16.1. The maximum absolute atomic E-state index is 14.5. The Morgan fingerprint density at radius 3 is 1.28 bits per heavy atom. The lowest BCUT2D eigenvalue weighted by Gasteiger charge is -2.33. The maximum Gasteiger partial charge on any atom is 0.410 e. The first kappa shape index (κ1) is 68.7. The van der Waals surface area contributed by atoms with Gasteiger partial charge in [-0.15, -0.1) is 0 Å². The third-order valence-corrected chi connectivity index (χ3v) is 18.5. The molecule has 0 aliphatic carbocycles. The largest absolute Gasteiger partial charge is 0.447 e. The average molecular weight is 1380 g/mol.